The highest BCUT2D eigenvalue weighted by Crippen LogP contribution is 2.40. The van der Waals surface area contributed by atoms with Gasteiger partial charge < -0.3 is 19.1 Å². The summed E-state index contributed by atoms with van der Waals surface area (Å²) < 4.78 is 83.0. The molecule has 4 aromatic rings. The van der Waals surface area contributed by atoms with Crippen molar-refractivity contribution in [3.63, 3.8) is 0 Å². The second kappa shape index (κ2) is 11.0. The summed E-state index contributed by atoms with van der Waals surface area (Å²) in [7, 11) is 0. The van der Waals surface area contributed by atoms with Crippen LogP contribution in [0.5, 0.6) is 5.75 Å². The van der Waals surface area contributed by atoms with Crippen LogP contribution in [0.2, 0.25) is 0 Å². The van der Waals surface area contributed by atoms with Gasteiger partial charge in [0.2, 0.25) is 0 Å². The van der Waals surface area contributed by atoms with E-state index in [4.69, 9.17) is 14.5 Å². The van der Waals surface area contributed by atoms with Gasteiger partial charge in [-0.25, -0.2) is 18.6 Å². The number of ether oxygens (including phenoxy) is 2. The molecule has 0 amide bonds. The Morgan fingerprint density at radius 2 is 1.86 bits per heavy atom. The van der Waals surface area contributed by atoms with E-state index >= 15 is 0 Å². The van der Waals surface area contributed by atoms with Crippen molar-refractivity contribution in [2.45, 2.75) is 51.4 Å². The van der Waals surface area contributed by atoms with Gasteiger partial charge in [0.1, 0.15) is 29.8 Å². The lowest BCUT2D eigenvalue weighted by atomic mass is 9.96. The number of fused-ring (bicyclic) bond motifs is 2. The molecular formula is C30H26F5N3O4. The summed E-state index contributed by atoms with van der Waals surface area (Å²) in [5.41, 5.74) is 1.12. The minimum absolute atomic E-state index is 0.0171. The van der Waals surface area contributed by atoms with E-state index in [9.17, 15) is 31.9 Å². The van der Waals surface area contributed by atoms with Crippen LogP contribution in [0.3, 0.4) is 0 Å². The van der Waals surface area contributed by atoms with Gasteiger partial charge >= 0.3 is 12.1 Å². The maximum absolute atomic E-state index is 14.1. The van der Waals surface area contributed by atoms with Crippen molar-refractivity contribution < 1.29 is 41.3 Å². The van der Waals surface area contributed by atoms with Crippen LogP contribution in [0.15, 0.2) is 48.5 Å². The average Bonchev–Trinajstić information content (AvgIpc) is 3.25. The fraction of sp³-hybridized carbons (Fsp3) is 0.333. The number of imidazole rings is 1. The van der Waals surface area contributed by atoms with Gasteiger partial charge in [-0.2, -0.15) is 13.2 Å². The van der Waals surface area contributed by atoms with Crippen molar-refractivity contribution in [1.29, 1.82) is 0 Å². The standard InChI is InChI=1S/C30H26F5N3O4/c31-23-2-1-3-24(32)21(23)16-42-27-12-19-13-37(8-6-17(19)10-22(27)30(33,34)35)15-28-36-25-5-4-18(29(39)40)11-26(25)38(28)14-20-7-9-41-20/h1-5,10-12,20H,6-9,13-16H2,(H,39,40)/t20-/m0/s1. The van der Waals surface area contributed by atoms with E-state index in [2.05, 4.69) is 0 Å². The van der Waals surface area contributed by atoms with E-state index in [-0.39, 0.29) is 11.7 Å². The molecule has 1 N–H and O–H groups in total. The minimum atomic E-state index is -4.72. The van der Waals surface area contributed by atoms with E-state index in [0.29, 0.717) is 67.2 Å². The summed E-state index contributed by atoms with van der Waals surface area (Å²) in [5, 5.41) is 9.48. The van der Waals surface area contributed by atoms with Crippen molar-refractivity contribution in [1.82, 2.24) is 14.5 Å². The van der Waals surface area contributed by atoms with Gasteiger partial charge in [-0.1, -0.05) is 6.07 Å². The monoisotopic (exact) mass is 587 g/mol. The van der Waals surface area contributed by atoms with Crippen LogP contribution in [-0.2, 0) is 43.6 Å². The van der Waals surface area contributed by atoms with Gasteiger partial charge in [0.25, 0.3) is 0 Å². The van der Waals surface area contributed by atoms with Crippen molar-refractivity contribution in [2.75, 3.05) is 13.2 Å². The van der Waals surface area contributed by atoms with Crippen LogP contribution in [-0.4, -0.2) is 44.8 Å². The molecule has 1 atom stereocenters. The fourth-order valence-corrected chi connectivity index (χ4v) is 5.40. The third-order valence-corrected chi connectivity index (χ3v) is 7.75. The highest BCUT2D eigenvalue weighted by Gasteiger charge is 2.36. The lowest BCUT2D eigenvalue weighted by molar-refractivity contribution is -0.139. The first-order chi connectivity index (χ1) is 20.1. The number of hydrogen-bond donors (Lipinski definition) is 1. The van der Waals surface area contributed by atoms with Gasteiger partial charge in [-0.15, -0.1) is 0 Å². The summed E-state index contributed by atoms with van der Waals surface area (Å²) in [5.74, 6) is -2.67. The Balaban J connectivity index is 1.28. The average molecular weight is 588 g/mol. The SMILES string of the molecule is O=C(O)c1ccc2nc(CN3CCc4cc(C(F)(F)F)c(OCc5c(F)cccc5F)cc4C3)n(C[C@@H]3CCO3)c2c1. The molecule has 6 rings (SSSR count). The first-order valence-electron chi connectivity index (χ1n) is 13.4. The number of rotatable bonds is 8. The molecule has 0 bridgehead atoms. The van der Waals surface area contributed by atoms with E-state index in [1.807, 2.05) is 9.47 Å². The molecule has 2 aliphatic heterocycles. The number of nitrogens with zero attached hydrogens (tertiary/aromatic N) is 3. The van der Waals surface area contributed by atoms with Crippen molar-refractivity contribution in [3.05, 3.63) is 93.8 Å². The van der Waals surface area contributed by atoms with Crippen LogP contribution in [0.1, 0.15) is 44.9 Å². The molecule has 0 radical (unpaired) electrons. The first kappa shape index (κ1) is 28.1. The lowest BCUT2D eigenvalue weighted by Crippen LogP contribution is -2.34. The van der Waals surface area contributed by atoms with Gasteiger partial charge in [0.15, 0.2) is 0 Å². The summed E-state index contributed by atoms with van der Waals surface area (Å²) >= 11 is 0. The van der Waals surface area contributed by atoms with Crippen LogP contribution >= 0.6 is 0 Å². The van der Waals surface area contributed by atoms with Gasteiger partial charge in [0.05, 0.1) is 46.9 Å². The maximum atomic E-state index is 14.1. The number of benzene rings is 3. The maximum Gasteiger partial charge on any atom is 0.419 e. The van der Waals surface area contributed by atoms with Crippen molar-refractivity contribution in [2.24, 2.45) is 0 Å². The molecule has 0 unspecified atom stereocenters. The fourth-order valence-electron chi connectivity index (χ4n) is 5.40. The molecule has 220 valence electrons. The number of hydrogen-bond acceptors (Lipinski definition) is 5. The molecule has 2 aliphatic rings. The number of carbonyl (C=O) groups is 1. The summed E-state index contributed by atoms with van der Waals surface area (Å²) in [6.45, 7) is 1.58. The van der Waals surface area contributed by atoms with E-state index in [1.54, 1.807) is 12.1 Å². The molecule has 1 fully saturated rings. The topological polar surface area (TPSA) is 76.8 Å². The predicted octanol–water partition coefficient (Wildman–Crippen LogP) is 5.96. The Labute approximate surface area is 237 Å². The Bertz CT molecular complexity index is 1640. The van der Waals surface area contributed by atoms with Crippen molar-refractivity contribution >= 4 is 17.0 Å². The summed E-state index contributed by atoms with van der Waals surface area (Å²) in [4.78, 5) is 18.4. The van der Waals surface area contributed by atoms with Crippen molar-refractivity contribution in [3.8, 4) is 5.75 Å². The zero-order chi connectivity index (χ0) is 29.6. The molecule has 7 nitrogen and oxygen atoms in total. The van der Waals surface area contributed by atoms with Crippen LogP contribution in [0, 0.1) is 11.6 Å². The zero-order valence-corrected chi connectivity index (χ0v) is 22.3. The molecule has 3 heterocycles. The number of carboxylic acids is 1. The number of carboxylic acid groups (broad SMARTS) is 1. The van der Waals surface area contributed by atoms with Gasteiger partial charge in [-0.3, -0.25) is 4.90 Å². The second-order valence-electron chi connectivity index (χ2n) is 10.5. The highest BCUT2D eigenvalue weighted by atomic mass is 19.4. The number of halogens is 5. The van der Waals surface area contributed by atoms with Crippen LogP contribution in [0.4, 0.5) is 22.0 Å². The molecule has 12 heteroatoms. The quantitative estimate of drug-likeness (QED) is 0.257. The minimum Gasteiger partial charge on any atom is -0.488 e. The first-order valence-corrected chi connectivity index (χ1v) is 13.4. The van der Waals surface area contributed by atoms with E-state index < -0.39 is 47.3 Å². The number of alkyl halides is 3. The smallest absolute Gasteiger partial charge is 0.419 e. The summed E-state index contributed by atoms with van der Waals surface area (Å²) in [6.07, 6.45) is -3.53. The Morgan fingerprint density at radius 1 is 1.10 bits per heavy atom. The molecular weight excluding hydrogens is 561 g/mol. The number of aromatic carboxylic acids is 1. The normalized spacial score (nSPS) is 17.2. The largest absolute Gasteiger partial charge is 0.488 e. The van der Waals surface area contributed by atoms with E-state index in [1.165, 1.54) is 18.2 Å². The zero-order valence-electron chi connectivity index (χ0n) is 22.3. The molecule has 0 spiro atoms. The Kier molecular flexibility index (Phi) is 7.36. The molecule has 3 aromatic carbocycles. The second-order valence-corrected chi connectivity index (χ2v) is 10.5. The predicted molar refractivity (Wildman–Crippen MR) is 141 cm³/mol. The number of aromatic nitrogens is 2. The molecule has 1 aromatic heterocycles. The summed E-state index contributed by atoms with van der Waals surface area (Å²) in [6, 6.07) is 10.3. The lowest BCUT2D eigenvalue weighted by Gasteiger charge is -2.31. The molecule has 0 saturated carbocycles. The Hall–Kier alpha value is -4.03. The molecule has 42 heavy (non-hydrogen) atoms. The third-order valence-electron chi connectivity index (χ3n) is 7.75. The third kappa shape index (κ3) is 5.56. The van der Waals surface area contributed by atoms with Crippen LogP contribution < -0.4 is 4.74 Å². The molecule has 1 saturated heterocycles. The van der Waals surface area contributed by atoms with E-state index in [0.717, 1.165) is 24.6 Å². The van der Waals surface area contributed by atoms with Crippen LogP contribution in [0.25, 0.3) is 11.0 Å². The van der Waals surface area contributed by atoms with Gasteiger partial charge in [0, 0.05) is 19.7 Å². The van der Waals surface area contributed by atoms with Gasteiger partial charge in [-0.05, 0) is 66.4 Å². The molecule has 0 aliphatic carbocycles. The highest BCUT2D eigenvalue weighted by molar-refractivity contribution is 5.92. The Morgan fingerprint density at radius 3 is 2.52 bits per heavy atom.